The average Bonchev–Trinajstić information content (AvgIpc) is 3.01. The van der Waals surface area contributed by atoms with Crippen molar-refractivity contribution in [2.45, 2.75) is 37.4 Å². The second-order valence-corrected chi connectivity index (χ2v) is 4.86. The zero-order valence-electron chi connectivity index (χ0n) is 8.86. The van der Waals surface area contributed by atoms with E-state index in [1.807, 2.05) is 6.92 Å². The van der Waals surface area contributed by atoms with E-state index >= 15 is 0 Å². The van der Waals surface area contributed by atoms with Crippen molar-refractivity contribution in [1.82, 2.24) is 15.0 Å². The third kappa shape index (κ3) is 2.71. The Bertz CT molecular complexity index is 392. The lowest BCUT2D eigenvalue weighted by Crippen LogP contribution is -2.11. The molecule has 1 unspecified atom stereocenters. The van der Waals surface area contributed by atoms with E-state index in [0.29, 0.717) is 23.0 Å². The molecule has 2 rings (SSSR count). The molecule has 82 valence electrons. The summed E-state index contributed by atoms with van der Waals surface area (Å²) in [5, 5.41) is 3.55. The van der Waals surface area contributed by atoms with Gasteiger partial charge in [-0.1, -0.05) is 6.92 Å². The van der Waals surface area contributed by atoms with Crippen molar-refractivity contribution in [3.8, 4) is 0 Å². The molecule has 1 aromatic rings. The smallest absolute Gasteiger partial charge is 0.227 e. The lowest BCUT2D eigenvalue weighted by molar-refractivity contribution is 0.675. The van der Waals surface area contributed by atoms with Gasteiger partial charge in [0.1, 0.15) is 5.82 Å². The summed E-state index contributed by atoms with van der Waals surface area (Å²) in [6.45, 7) is 1.97. The topological polar surface area (TPSA) is 67.8 Å². The molecule has 1 aliphatic rings. The van der Waals surface area contributed by atoms with E-state index in [0.717, 1.165) is 19.3 Å². The molecule has 5 nitrogen and oxygen atoms in total. The maximum Gasteiger partial charge on any atom is 0.227 e. The maximum absolute atomic E-state index is 11.3. The molecule has 1 heterocycles. The van der Waals surface area contributed by atoms with Crippen molar-refractivity contribution in [2.75, 3.05) is 11.6 Å². The van der Waals surface area contributed by atoms with Crippen molar-refractivity contribution >= 4 is 16.7 Å². The quantitative estimate of drug-likeness (QED) is 0.820. The van der Waals surface area contributed by atoms with Gasteiger partial charge in [-0.05, 0) is 12.8 Å². The second-order valence-electron chi connectivity index (χ2n) is 3.58. The molecule has 15 heavy (non-hydrogen) atoms. The first-order chi connectivity index (χ1) is 7.19. The lowest BCUT2D eigenvalue weighted by Gasteiger charge is -2.05. The summed E-state index contributed by atoms with van der Waals surface area (Å²) in [6.07, 6.45) is 4.64. The molecule has 0 spiro atoms. The molecule has 1 aliphatic carbocycles. The van der Waals surface area contributed by atoms with Crippen LogP contribution < -0.4 is 5.32 Å². The number of hydrogen-bond donors (Lipinski definition) is 1. The number of hydrogen-bond acceptors (Lipinski definition) is 5. The fourth-order valence-electron chi connectivity index (χ4n) is 1.16. The van der Waals surface area contributed by atoms with E-state index in [2.05, 4.69) is 20.3 Å². The monoisotopic (exact) mass is 226 g/mol. The Balaban J connectivity index is 2.27. The van der Waals surface area contributed by atoms with Gasteiger partial charge in [0.2, 0.25) is 11.1 Å². The summed E-state index contributed by atoms with van der Waals surface area (Å²) >= 11 is 0. The minimum absolute atomic E-state index is 0.366. The Hall–Kier alpha value is -1.04. The van der Waals surface area contributed by atoms with Gasteiger partial charge in [0.05, 0.1) is 10.8 Å². The number of aryl methyl sites for hydroxylation is 1. The number of aromatic nitrogens is 3. The van der Waals surface area contributed by atoms with Crippen LogP contribution in [0.25, 0.3) is 0 Å². The molecular weight excluding hydrogens is 212 g/mol. The first kappa shape index (κ1) is 10.5. The first-order valence-electron chi connectivity index (χ1n) is 5.04. The summed E-state index contributed by atoms with van der Waals surface area (Å²) in [5.74, 6) is 1.26. The van der Waals surface area contributed by atoms with Crippen LogP contribution in [0.5, 0.6) is 0 Å². The van der Waals surface area contributed by atoms with Gasteiger partial charge in [0.25, 0.3) is 0 Å². The highest BCUT2D eigenvalue weighted by Crippen LogP contribution is 2.22. The van der Waals surface area contributed by atoms with E-state index in [9.17, 15) is 4.21 Å². The molecule has 1 N–H and O–H groups in total. The number of nitrogens with zero attached hydrogens (tertiary/aromatic N) is 3. The van der Waals surface area contributed by atoms with Crippen molar-refractivity contribution in [2.24, 2.45) is 0 Å². The highest BCUT2D eigenvalue weighted by atomic mass is 32.2. The summed E-state index contributed by atoms with van der Waals surface area (Å²) in [4.78, 5) is 12.5. The zero-order chi connectivity index (χ0) is 10.8. The number of rotatable bonds is 4. The Kier molecular flexibility index (Phi) is 2.95. The first-order valence-corrected chi connectivity index (χ1v) is 6.59. The SMILES string of the molecule is CCc1nc(NC2CC2)nc(S(C)=O)n1. The van der Waals surface area contributed by atoms with Gasteiger partial charge < -0.3 is 5.32 Å². The van der Waals surface area contributed by atoms with Gasteiger partial charge in [0, 0.05) is 18.7 Å². The highest BCUT2D eigenvalue weighted by molar-refractivity contribution is 7.84. The summed E-state index contributed by atoms with van der Waals surface area (Å²) in [5.41, 5.74) is 0. The van der Waals surface area contributed by atoms with E-state index in [1.54, 1.807) is 6.26 Å². The predicted octanol–water partition coefficient (Wildman–Crippen LogP) is 0.746. The fourth-order valence-corrected chi connectivity index (χ4v) is 1.61. The van der Waals surface area contributed by atoms with Crippen molar-refractivity contribution in [3.63, 3.8) is 0 Å². The molecule has 0 amide bonds. The van der Waals surface area contributed by atoms with Gasteiger partial charge >= 0.3 is 0 Å². The number of nitrogens with one attached hydrogen (secondary N) is 1. The van der Waals surface area contributed by atoms with Crippen molar-refractivity contribution < 1.29 is 4.21 Å². The van der Waals surface area contributed by atoms with Crippen LogP contribution in [0.15, 0.2) is 5.16 Å². The third-order valence-electron chi connectivity index (χ3n) is 2.15. The van der Waals surface area contributed by atoms with E-state index in [1.165, 1.54) is 0 Å². The van der Waals surface area contributed by atoms with Gasteiger partial charge in [0.15, 0.2) is 0 Å². The van der Waals surface area contributed by atoms with Gasteiger partial charge in [-0.15, -0.1) is 0 Å². The van der Waals surface area contributed by atoms with E-state index in [4.69, 9.17) is 0 Å². The largest absolute Gasteiger partial charge is 0.351 e. The minimum Gasteiger partial charge on any atom is -0.351 e. The van der Waals surface area contributed by atoms with Crippen LogP contribution in [0.4, 0.5) is 5.95 Å². The summed E-state index contributed by atoms with van der Waals surface area (Å²) in [6, 6.07) is 0.496. The zero-order valence-corrected chi connectivity index (χ0v) is 9.67. The molecule has 0 bridgehead atoms. The summed E-state index contributed by atoms with van der Waals surface area (Å²) in [7, 11) is -1.15. The molecule has 1 fully saturated rings. The van der Waals surface area contributed by atoms with Crippen LogP contribution in [0.3, 0.4) is 0 Å². The van der Waals surface area contributed by atoms with Crippen LogP contribution >= 0.6 is 0 Å². The Labute approximate surface area is 91.2 Å². The molecule has 0 aliphatic heterocycles. The number of anilines is 1. The van der Waals surface area contributed by atoms with Gasteiger partial charge in [-0.2, -0.15) is 9.97 Å². The molecule has 1 atom stereocenters. The van der Waals surface area contributed by atoms with Crippen LogP contribution in [-0.4, -0.2) is 31.5 Å². The molecule has 0 saturated heterocycles. The Morgan fingerprint density at radius 1 is 1.40 bits per heavy atom. The molecule has 1 saturated carbocycles. The molecule has 0 aromatic carbocycles. The fraction of sp³-hybridized carbons (Fsp3) is 0.667. The Morgan fingerprint density at radius 3 is 2.67 bits per heavy atom. The third-order valence-corrected chi connectivity index (χ3v) is 2.84. The average molecular weight is 226 g/mol. The second kappa shape index (κ2) is 4.22. The van der Waals surface area contributed by atoms with Crippen LogP contribution in [0, 0.1) is 0 Å². The van der Waals surface area contributed by atoms with E-state index in [-0.39, 0.29) is 0 Å². The van der Waals surface area contributed by atoms with Crippen LogP contribution in [0.2, 0.25) is 0 Å². The van der Waals surface area contributed by atoms with Gasteiger partial charge in [-0.3, -0.25) is 4.21 Å². The standard InChI is InChI=1S/C9H14N4OS/c1-3-7-11-8(10-6-4-5-6)13-9(12-7)15(2)14/h6H,3-5H2,1-2H3,(H,10,11,12,13). The molecule has 6 heteroatoms. The lowest BCUT2D eigenvalue weighted by atomic mass is 10.5. The van der Waals surface area contributed by atoms with Crippen molar-refractivity contribution in [1.29, 1.82) is 0 Å². The minimum atomic E-state index is -1.15. The molecule has 0 radical (unpaired) electrons. The highest BCUT2D eigenvalue weighted by Gasteiger charge is 2.22. The predicted molar refractivity (Wildman–Crippen MR) is 58.2 cm³/mol. The van der Waals surface area contributed by atoms with Crippen LogP contribution in [0.1, 0.15) is 25.6 Å². The Morgan fingerprint density at radius 2 is 2.13 bits per heavy atom. The maximum atomic E-state index is 11.3. The molecule has 1 aromatic heterocycles. The van der Waals surface area contributed by atoms with Crippen molar-refractivity contribution in [3.05, 3.63) is 5.82 Å². The van der Waals surface area contributed by atoms with E-state index < -0.39 is 10.8 Å². The molecular formula is C9H14N4OS. The normalized spacial score (nSPS) is 17.5. The van der Waals surface area contributed by atoms with Gasteiger partial charge in [-0.25, -0.2) is 4.98 Å². The van der Waals surface area contributed by atoms with Crippen LogP contribution in [-0.2, 0) is 17.2 Å². The summed E-state index contributed by atoms with van der Waals surface area (Å²) < 4.78 is 11.3.